The monoisotopic (exact) mass is 431 g/mol. The van der Waals surface area contributed by atoms with Crippen molar-refractivity contribution in [3.63, 3.8) is 0 Å². The molecule has 0 fully saturated rings. The van der Waals surface area contributed by atoms with Crippen LogP contribution in [0.2, 0.25) is 0 Å². The number of rotatable bonds is 7. The highest BCUT2D eigenvalue weighted by molar-refractivity contribution is 7.13. The molecule has 31 heavy (non-hydrogen) atoms. The Morgan fingerprint density at radius 3 is 2.39 bits per heavy atom. The van der Waals surface area contributed by atoms with Crippen LogP contribution in [0.5, 0.6) is 0 Å². The van der Waals surface area contributed by atoms with Gasteiger partial charge in [0.1, 0.15) is 11.3 Å². The van der Waals surface area contributed by atoms with Gasteiger partial charge < -0.3 is 9.64 Å². The summed E-state index contributed by atoms with van der Waals surface area (Å²) in [6, 6.07) is 23.0. The van der Waals surface area contributed by atoms with Crippen LogP contribution in [0, 0.1) is 0 Å². The lowest BCUT2D eigenvalue weighted by molar-refractivity contribution is -0.133. The molecule has 156 valence electrons. The minimum atomic E-state index is -0.577. The van der Waals surface area contributed by atoms with E-state index in [1.165, 1.54) is 16.2 Å². The van der Waals surface area contributed by atoms with Gasteiger partial charge in [0, 0.05) is 19.8 Å². The molecule has 0 radical (unpaired) electrons. The van der Waals surface area contributed by atoms with E-state index in [0.717, 1.165) is 16.1 Å². The number of hydrogen-bond donors (Lipinski definition) is 0. The maximum absolute atomic E-state index is 12.8. The second-order valence-electron chi connectivity index (χ2n) is 6.96. The number of hydrogen-bond acceptors (Lipinski definition) is 5. The first kappa shape index (κ1) is 20.6. The summed E-state index contributed by atoms with van der Waals surface area (Å²) in [7, 11) is 1.69. The van der Waals surface area contributed by atoms with Crippen LogP contribution in [0.1, 0.15) is 15.9 Å². The molecule has 0 spiro atoms. The molecule has 1 amide bonds. The van der Waals surface area contributed by atoms with E-state index < -0.39 is 5.97 Å². The third-order valence-corrected chi connectivity index (χ3v) is 5.60. The number of ether oxygens (including phenoxy) is 1. The van der Waals surface area contributed by atoms with Crippen molar-refractivity contribution in [3.8, 4) is 16.3 Å². The van der Waals surface area contributed by atoms with E-state index >= 15 is 0 Å². The van der Waals surface area contributed by atoms with E-state index in [1.54, 1.807) is 17.9 Å². The first-order chi connectivity index (χ1) is 15.1. The molecular weight excluding hydrogens is 410 g/mol. The second kappa shape index (κ2) is 9.40. The predicted molar refractivity (Wildman–Crippen MR) is 120 cm³/mol. The molecule has 0 aliphatic heterocycles. The Balaban J connectivity index is 1.48. The molecule has 7 heteroatoms. The average Bonchev–Trinajstić information content (AvgIpc) is 3.48. The Labute approximate surface area is 184 Å². The first-order valence-electron chi connectivity index (χ1n) is 9.76. The largest absolute Gasteiger partial charge is 0.452 e. The summed E-state index contributed by atoms with van der Waals surface area (Å²) in [5.41, 5.74) is 2.70. The van der Waals surface area contributed by atoms with Gasteiger partial charge in [-0.2, -0.15) is 5.10 Å². The number of amides is 1. The Bertz CT molecular complexity index is 1160. The zero-order valence-corrected chi connectivity index (χ0v) is 17.8. The maximum atomic E-state index is 12.8. The van der Waals surface area contributed by atoms with Crippen molar-refractivity contribution in [1.82, 2.24) is 14.7 Å². The number of benzene rings is 2. The fourth-order valence-corrected chi connectivity index (χ4v) is 3.82. The summed E-state index contributed by atoms with van der Waals surface area (Å²) in [5.74, 6) is -0.850. The molecule has 0 N–H and O–H groups in total. The molecule has 4 aromatic rings. The third-order valence-electron chi connectivity index (χ3n) is 4.72. The van der Waals surface area contributed by atoms with Gasteiger partial charge >= 0.3 is 5.97 Å². The molecule has 2 heterocycles. The highest BCUT2D eigenvalue weighted by Crippen LogP contribution is 2.28. The van der Waals surface area contributed by atoms with Crippen LogP contribution in [0.25, 0.3) is 16.3 Å². The Morgan fingerprint density at radius 1 is 1.00 bits per heavy atom. The van der Waals surface area contributed by atoms with Crippen molar-refractivity contribution >= 4 is 23.2 Å². The van der Waals surface area contributed by atoms with Crippen LogP contribution in [0.4, 0.5) is 0 Å². The van der Waals surface area contributed by atoms with Gasteiger partial charge in [-0.1, -0.05) is 54.6 Å². The van der Waals surface area contributed by atoms with Crippen molar-refractivity contribution in [2.75, 3.05) is 13.7 Å². The maximum Gasteiger partial charge on any atom is 0.342 e. The SMILES string of the molecule is CN(Cc1ccccc1)C(=O)COC(=O)c1cn(-c2ccccc2)nc1-c1cccs1. The second-order valence-corrected chi connectivity index (χ2v) is 7.91. The van der Waals surface area contributed by atoms with Gasteiger partial charge in [0.15, 0.2) is 6.61 Å². The molecule has 0 bridgehead atoms. The number of carbonyl (C=O) groups excluding carboxylic acids is 2. The van der Waals surface area contributed by atoms with Crippen LogP contribution in [-0.4, -0.2) is 40.2 Å². The first-order valence-corrected chi connectivity index (χ1v) is 10.6. The zero-order chi connectivity index (χ0) is 21.6. The van der Waals surface area contributed by atoms with Gasteiger partial charge in [0.25, 0.3) is 5.91 Å². The molecule has 2 aromatic carbocycles. The number of likely N-dealkylation sites (N-methyl/N-ethyl adjacent to an activating group) is 1. The van der Waals surface area contributed by atoms with E-state index in [2.05, 4.69) is 5.10 Å². The summed E-state index contributed by atoms with van der Waals surface area (Å²) in [6.45, 7) is 0.117. The normalized spacial score (nSPS) is 10.6. The molecule has 0 unspecified atom stereocenters. The summed E-state index contributed by atoms with van der Waals surface area (Å²) in [5, 5.41) is 6.52. The van der Waals surface area contributed by atoms with E-state index in [9.17, 15) is 9.59 Å². The number of esters is 1. The average molecular weight is 432 g/mol. The van der Waals surface area contributed by atoms with Crippen LogP contribution in [0.3, 0.4) is 0 Å². The molecule has 2 aromatic heterocycles. The highest BCUT2D eigenvalue weighted by atomic mass is 32.1. The molecule has 0 saturated carbocycles. The van der Waals surface area contributed by atoms with E-state index in [4.69, 9.17) is 4.74 Å². The van der Waals surface area contributed by atoms with Crippen LogP contribution in [-0.2, 0) is 16.1 Å². The highest BCUT2D eigenvalue weighted by Gasteiger charge is 2.22. The zero-order valence-electron chi connectivity index (χ0n) is 17.0. The number of thiophene rings is 1. The topological polar surface area (TPSA) is 64.4 Å². The van der Waals surface area contributed by atoms with Crippen molar-refractivity contribution in [2.24, 2.45) is 0 Å². The fraction of sp³-hybridized carbons (Fsp3) is 0.125. The lowest BCUT2D eigenvalue weighted by atomic mass is 10.2. The summed E-state index contributed by atoms with van der Waals surface area (Å²) < 4.78 is 7.01. The molecule has 0 aliphatic rings. The quantitative estimate of drug-likeness (QED) is 0.407. The lowest BCUT2D eigenvalue weighted by Crippen LogP contribution is -2.30. The smallest absolute Gasteiger partial charge is 0.342 e. The molecule has 0 aliphatic carbocycles. The lowest BCUT2D eigenvalue weighted by Gasteiger charge is -2.17. The number of para-hydroxylation sites is 1. The van der Waals surface area contributed by atoms with Crippen molar-refractivity contribution in [1.29, 1.82) is 0 Å². The summed E-state index contributed by atoms with van der Waals surface area (Å²) >= 11 is 1.49. The van der Waals surface area contributed by atoms with Crippen LogP contribution in [0.15, 0.2) is 84.4 Å². The molecular formula is C24H21N3O3S. The van der Waals surface area contributed by atoms with Crippen LogP contribution < -0.4 is 0 Å². The van der Waals surface area contributed by atoms with Crippen LogP contribution >= 0.6 is 11.3 Å². The Morgan fingerprint density at radius 2 is 1.71 bits per heavy atom. The van der Waals surface area contributed by atoms with E-state index in [-0.39, 0.29) is 12.5 Å². The molecule has 0 atom stereocenters. The van der Waals surface area contributed by atoms with Gasteiger partial charge in [-0.15, -0.1) is 11.3 Å². The molecule has 0 saturated heterocycles. The van der Waals surface area contributed by atoms with Crippen molar-refractivity contribution in [2.45, 2.75) is 6.54 Å². The summed E-state index contributed by atoms with van der Waals surface area (Å²) in [4.78, 5) is 27.7. The van der Waals surface area contributed by atoms with Crippen molar-refractivity contribution in [3.05, 3.63) is 95.5 Å². The number of aromatic nitrogens is 2. The van der Waals surface area contributed by atoms with Gasteiger partial charge in [0.2, 0.25) is 0 Å². The third kappa shape index (κ3) is 4.90. The molecule has 4 rings (SSSR count). The van der Waals surface area contributed by atoms with Gasteiger partial charge in [-0.25, -0.2) is 9.48 Å². The summed E-state index contributed by atoms with van der Waals surface area (Å²) in [6.07, 6.45) is 1.64. The van der Waals surface area contributed by atoms with Gasteiger partial charge in [-0.05, 0) is 29.1 Å². The molecule has 6 nitrogen and oxygen atoms in total. The van der Waals surface area contributed by atoms with E-state index in [0.29, 0.717) is 17.8 Å². The number of nitrogens with zero attached hydrogens (tertiary/aromatic N) is 3. The van der Waals surface area contributed by atoms with Gasteiger partial charge in [0.05, 0.1) is 10.6 Å². The predicted octanol–water partition coefficient (Wildman–Crippen LogP) is 4.42. The number of carbonyl (C=O) groups is 2. The van der Waals surface area contributed by atoms with Crippen molar-refractivity contribution < 1.29 is 14.3 Å². The van der Waals surface area contributed by atoms with Gasteiger partial charge in [-0.3, -0.25) is 4.79 Å². The van der Waals surface area contributed by atoms with E-state index in [1.807, 2.05) is 78.2 Å². The minimum absolute atomic E-state index is 0.273. The fourth-order valence-electron chi connectivity index (χ4n) is 3.09. The Hall–Kier alpha value is -3.71. The standard InChI is InChI=1S/C24H21N3O3S/c1-26(15-18-9-4-2-5-10-18)22(28)17-30-24(29)20-16-27(19-11-6-3-7-12-19)25-23(20)21-13-8-14-31-21/h2-14,16H,15,17H2,1H3. The minimum Gasteiger partial charge on any atom is -0.452 e. The Kier molecular flexibility index (Phi) is 6.24.